The molecule has 0 fully saturated rings. The Morgan fingerprint density at radius 2 is 1.64 bits per heavy atom. The summed E-state index contributed by atoms with van der Waals surface area (Å²) in [6, 6.07) is 15.9. The van der Waals surface area contributed by atoms with E-state index in [2.05, 4.69) is 0 Å². The molecule has 134 valence electrons. The fourth-order valence-electron chi connectivity index (χ4n) is 2.51. The molecule has 2 aromatic rings. The molecule has 0 aliphatic rings. The van der Waals surface area contributed by atoms with Crippen LogP contribution in [0.4, 0.5) is 0 Å². The molecule has 0 N–H and O–H groups in total. The molecule has 2 rings (SSSR count). The van der Waals surface area contributed by atoms with Crippen LogP contribution in [0.2, 0.25) is 5.02 Å². The number of benzene rings is 2. The summed E-state index contributed by atoms with van der Waals surface area (Å²) in [4.78, 5) is 14.3. The zero-order chi connectivity index (χ0) is 18.4. The highest BCUT2D eigenvalue weighted by Crippen LogP contribution is 2.22. The maximum absolute atomic E-state index is 12.6. The van der Waals surface area contributed by atoms with Gasteiger partial charge in [-0.1, -0.05) is 54.1 Å². The Kier molecular flexibility index (Phi) is 6.62. The highest BCUT2D eigenvalue weighted by atomic mass is 35.5. The van der Waals surface area contributed by atoms with Gasteiger partial charge in [-0.25, -0.2) is 8.42 Å². The molecule has 6 heteroatoms. The normalized spacial score (nSPS) is 11.5. The fraction of sp³-hybridized carbons (Fsp3) is 0.316. The van der Waals surface area contributed by atoms with E-state index in [0.29, 0.717) is 6.54 Å². The average molecular weight is 380 g/mol. The molecule has 1 amide bonds. The third-order valence-electron chi connectivity index (χ3n) is 3.90. The van der Waals surface area contributed by atoms with Gasteiger partial charge in [0.2, 0.25) is 5.91 Å². The third-order valence-corrected chi connectivity index (χ3v) is 6.11. The number of carbonyl (C=O) groups excluding carboxylic acids is 1. The first kappa shape index (κ1) is 19.5. The molecule has 0 bridgehead atoms. The van der Waals surface area contributed by atoms with E-state index in [1.54, 1.807) is 17.0 Å². The van der Waals surface area contributed by atoms with Crippen LogP contribution in [0.3, 0.4) is 0 Å². The summed E-state index contributed by atoms with van der Waals surface area (Å²) in [6.45, 7) is 4.30. The molecule has 0 saturated carbocycles. The van der Waals surface area contributed by atoms with Crippen molar-refractivity contribution in [3.63, 3.8) is 0 Å². The summed E-state index contributed by atoms with van der Waals surface area (Å²) < 4.78 is 24.9. The molecule has 0 aromatic heterocycles. The van der Waals surface area contributed by atoms with Gasteiger partial charge >= 0.3 is 0 Å². The van der Waals surface area contributed by atoms with Crippen molar-refractivity contribution in [3.05, 3.63) is 65.2 Å². The standard InChI is InChI=1S/C19H22ClNO3S/c1-15(2)21(14-16-8-4-3-5-9-16)19(22)12-13-25(23,24)18-11-7-6-10-17(18)20/h3-11,15H,12-14H2,1-2H3. The van der Waals surface area contributed by atoms with Gasteiger partial charge in [-0.3, -0.25) is 4.79 Å². The van der Waals surface area contributed by atoms with Crippen molar-refractivity contribution in [2.75, 3.05) is 5.75 Å². The van der Waals surface area contributed by atoms with E-state index in [-0.39, 0.29) is 34.0 Å². The van der Waals surface area contributed by atoms with E-state index in [1.165, 1.54) is 12.1 Å². The molecule has 2 aromatic carbocycles. The van der Waals surface area contributed by atoms with Crippen LogP contribution in [0.1, 0.15) is 25.8 Å². The van der Waals surface area contributed by atoms with Gasteiger partial charge in [0.1, 0.15) is 0 Å². The third kappa shape index (κ3) is 5.31. The molecule has 0 aliphatic carbocycles. The predicted molar refractivity (Wildman–Crippen MR) is 100 cm³/mol. The number of nitrogens with zero attached hydrogens (tertiary/aromatic N) is 1. The average Bonchev–Trinajstić information content (AvgIpc) is 2.58. The fourth-order valence-corrected chi connectivity index (χ4v) is 4.31. The van der Waals surface area contributed by atoms with Crippen LogP contribution in [0.25, 0.3) is 0 Å². The molecule has 4 nitrogen and oxygen atoms in total. The molecule has 0 spiro atoms. The van der Waals surface area contributed by atoms with Gasteiger partial charge in [0.25, 0.3) is 0 Å². The number of carbonyl (C=O) groups is 1. The first-order chi connectivity index (χ1) is 11.8. The number of hydrogen-bond donors (Lipinski definition) is 0. The lowest BCUT2D eigenvalue weighted by Crippen LogP contribution is -2.37. The van der Waals surface area contributed by atoms with Crippen LogP contribution in [0, 0.1) is 0 Å². The molecular formula is C19H22ClNO3S. The smallest absolute Gasteiger partial charge is 0.224 e. The maximum Gasteiger partial charge on any atom is 0.224 e. The van der Waals surface area contributed by atoms with E-state index in [9.17, 15) is 13.2 Å². The van der Waals surface area contributed by atoms with E-state index < -0.39 is 9.84 Å². The van der Waals surface area contributed by atoms with Crippen LogP contribution in [-0.2, 0) is 21.2 Å². The van der Waals surface area contributed by atoms with E-state index in [4.69, 9.17) is 11.6 Å². The Labute approximate surface area is 154 Å². The zero-order valence-electron chi connectivity index (χ0n) is 14.4. The van der Waals surface area contributed by atoms with Crippen LogP contribution in [0.5, 0.6) is 0 Å². The largest absolute Gasteiger partial charge is 0.336 e. The minimum Gasteiger partial charge on any atom is -0.336 e. The van der Waals surface area contributed by atoms with Crippen molar-refractivity contribution in [1.82, 2.24) is 4.90 Å². The number of hydrogen-bond acceptors (Lipinski definition) is 3. The Balaban J connectivity index is 2.07. The second-order valence-corrected chi connectivity index (χ2v) is 8.59. The maximum atomic E-state index is 12.6. The molecular weight excluding hydrogens is 358 g/mol. The van der Waals surface area contributed by atoms with Crippen molar-refractivity contribution in [1.29, 1.82) is 0 Å². The number of amides is 1. The second-order valence-electron chi connectivity index (χ2n) is 6.10. The van der Waals surface area contributed by atoms with Crippen LogP contribution >= 0.6 is 11.6 Å². The highest BCUT2D eigenvalue weighted by Gasteiger charge is 2.23. The minimum atomic E-state index is -3.60. The summed E-state index contributed by atoms with van der Waals surface area (Å²) in [5, 5.41) is 0.181. The Hall–Kier alpha value is -1.85. The van der Waals surface area contributed by atoms with E-state index >= 15 is 0 Å². The van der Waals surface area contributed by atoms with Gasteiger partial charge < -0.3 is 4.90 Å². The monoisotopic (exact) mass is 379 g/mol. The van der Waals surface area contributed by atoms with Crippen molar-refractivity contribution in [2.45, 2.75) is 37.8 Å². The van der Waals surface area contributed by atoms with Gasteiger partial charge in [0.05, 0.1) is 15.7 Å². The highest BCUT2D eigenvalue weighted by molar-refractivity contribution is 7.91. The SMILES string of the molecule is CC(C)N(Cc1ccccc1)C(=O)CCS(=O)(=O)c1ccccc1Cl. The molecule has 0 heterocycles. The van der Waals surface area contributed by atoms with Gasteiger partial charge in [-0.2, -0.15) is 0 Å². The lowest BCUT2D eigenvalue weighted by atomic mass is 10.2. The Morgan fingerprint density at radius 1 is 1.04 bits per heavy atom. The van der Waals surface area contributed by atoms with Gasteiger partial charge in [0.15, 0.2) is 9.84 Å². The zero-order valence-corrected chi connectivity index (χ0v) is 15.9. The minimum absolute atomic E-state index is 0.0178. The molecule has 0 saturated heterocycles. The summed E-state index contributed by atoms with van der Waals surface area (Å²) >= 11 is 5.97. The lowest BCUT2D eigenvalue weighted by Gasteiger charge is -2.27. The Bertz CT molecular complexity index is 820. The number of sulfone groups is 1. The Morgan fingerprint density at radius 3 is 2.24 bits per heavy atom. The molecule has 0 radical (unpaired) electrons. The van der Waals surface area contributed by atoms with Crippen LogP contribution in [-0.4, -0.2) is 31.0 Å². The molecule has 0 aliphatic heterocycles. The quantitative estimate of drug-likeness (QED) is 0.732. The van der Waals surface area contributed by atoms with Crippen LogP contribution in [0.15, 0.2) is 59.5 Å². The van der Waals surface area contributed by atoms with Crippen LogP contribution < -0.4 is 0 Å². The van der Waals surface area contributed by atoms with Gasteiger partial charge in [-0.05, 0) is 31.5 Å². The summed E-state index contributed by atoms with van der Waals surface area (Å²) in [7, 11) is -3.60. The molecule has 0 atom stereocenters. The topological polar surface area (TPSA) is 54.5 Å². The molecule has 0 unspecified atom stereocenters. The first-order valence-electron chi connectivity index (χ1n) is 8.12. The first-order valence-corrected chi connectivity index (χ1v) is 10.1. The van der Waals surface area contributed by atoms with Crippen molar-refractivity contribution in [3.8, 4) is 0 Å². The van der Waals surface area contributed by atoms with Crippen molar-refractivity contribution >= 4 is 27.3 Å². The van der Waals surface area contributed by atoms with Crippen molar-refractivity contribution in [2.24, 2.45) is 0 Å². The summed E-state index contributed by atoms with van der Waals surface area (Å²) in [6.07, 6.45) is -0.0709. The van der Waals surface area contributed by atoms with Gasteiger partial charge in [-0.15, -0.1) is 0 Å². The van der Waals surface area contributed by atoms with E-state index in [1.807, 2.05) is 44.2 Å². The lowest BCUT2D eigenvalue weighted by molar-refractivity contribution is -0.133. The second kappa shape index (κ2) is 8.50. The van der Waals surface area contributed by atoms with Crippen molar-refractivity contribution < 1.29 is 13.2 Å². The van der Waals surface area contributed by atoms with E-state index in [0.717, 1.165) is 5.56 Å². The van der Waals surface area contributed by atoms with Gasteiger partial charge in [0, 0.05) is 19.0 Å². The molecule has 25 heavy (non-hydrogen) atoms. The predicted octanol–water partition coefficient (Wildman–Crippen LogP) is 3.94. The number of halogens is 1. The number of rotatable bonds is 7. The summed E-state index contributed by atoms with van der Waals surface area (Å²) in [5.41, 5.74) is 1.01. The summed E-state index contributed by atoms with van der Waals surface area (Å²) in [5.74, 6) is -0.442.